The van der Waals surface area contributed by atoms with E-state index in [2.05, 4.69) is 5.32 Å². The standard InChI is InChI=1S/C12H17NO4S2/c14-12(13-11-5-2-1-3-6-11)7-9-18-8-4-10-19(15,16)17/h1-3,5-6H,4,7-10H2,(H,13,14)(H,15,16,17). The van der Waals surface area contributed by atoms with Gasteiger partial charge in [-0.2, -0.15) is 20.2 Å². The van der Waals surface area contributed by atoms with Crippen molar-refractivity contribution in [2.75, 3.05) is 22.6 Å². The van der Waals surface area contributed by atoms with E-state index in [4.69, 9.17) is 4.55 Å². The highest BCUT2D eigenvalue weighted by Gasteiger charge is 2.05. The molecule has 0 unspecified atom stereocenters. The number of carbonyl (C=O) groups is 1. The van der Waals surface area contributed by atoms with Crippen LogP contribution in [-0.2, 0) is 14.9 Å². The predicted octanol–water partition coefficient (Wildman–Crippen LogP) is 2.03. The Bertz CT molecular complexity index is 488. The SMILES string of the molecule is O=C(CCSCCCS(=O)(=O)O)Nc1ccccc1. The first-order valence-electron chi connectivity index (χ1n) is 5.85. The Kier molecular flexibility index (Phi) is 6.90. The summed E-state index contributed by atoms with van der Waals surface area (Å²) in [4.78, 5) is 11.5. The van der Waals surface area contributed by atoms with Gasteiger partial charge < -0.3 is 5.32 Å². The zero-order valence-electron chi connectivity index (χ0n) is 10.4. The van der Waals surface area contributed by atoms with Gasteiger partial charge in [0.1, 0.15) is 0 Å². The summed E-state index contributed by atoms with van der Waals surface area (Å²) in [6.45, 7) is 0. The normalized spacial score (nSPS) is 11.2. The van der Waals surface area contributed by atoms with Gasteiger partial charge in [-0.1, -0.05) is 18.2 Å². The Morgan fingerprint density at radius 2 is 1.89 bits per heavy atom. The molecule has 0 fully saturated rings. The number of rotatable bonds is 8. The van der Waals surface area contributed by atoms with Crippen molar-refractivity contribution in [2.45, 2.75) is 12.8 Å². The molecular weight excluding hydrogens is 286 g/mol. The molecule has 106 valence electrons. The lowest BCUT2D eigenvalue weighted by atomic mass is 10.3. The molecule has 1 aromatic carbocycles. The van der Waals surface area contributed by atoms with Crippen molar-refractivity contribution in [3.05, 3.63) is 30.3 Å². The monoisotopic (exact) mass is 303 g/mol. The molecule has 7 heteroatoms. The van der Waals surface area contributed by atoms with Crippen LogP contribution in [0.2, 0.25) is 0 Å². The highest BCUT2D eigenvalue weighted by atomic mass is 32.2. The van der Waals surface area contributed by atoms with Crippen molar-refractivity contribution in [3.63, 3.8) is 0 Å². The topological polar surface area (TPSA) is 83.5 Å². The van der Waals surface area contributed by atoms with Crippen LogP contribution in [0.25, 0.3) is 0 Å². The average Bonchev–Trinajstić information content (AvgIpc) is 2.33. The summed E-state index contributed by atoms with van der Waals surface area (Å²) in [5.74, 6) is 0.951. The van der Waals surface area contributed by atoms with Crippen LogP contribution >= 0.6 is 11.8 Å². The lowest BCUT2D eigenvalue weighted by Crippen LogP contribution is -2.12. The molecular formula is C12H17NO4S2. The van der Waals surface area contributed by atoms with Crippen molar-refractivity contribution in [3.8, 4) is 0 Å². The zero-order chi connectivity index (χ0) is 14.1. The van der Waals surface area contributed by atoms with Crippen LogP contribution in [0.1, 0.15) is 12.8 Å². The second-order valence-electron chi connectivity index (χ2n) is 3.92. The number of thioether (sulfide) groups is 1. The first kappa shape index (κ1) is 16.0. The van der Waals surface area contributed by atoms with E-state index in [9.17, 15) is 13.2 Å². The van der Waals surface area contributed by atoms with Crippen molar-refractivity contribution in [2.24, 2.45) is 0 Å². The molecule has 0 bridgehead atoms. The fourth-order valence-corrected chi connectivity index (χ4v) is 2.93. The number of para-hydroxylation sites is 1. The molecule has 1 aromatic rings. The highest BCUT2D eigenvalue weighted by molar-refractivity contribution is 7.99. The second-order valence-corrected chi connectivity index (χ2v) is 6.71. The molecule has 0 saturated carbocycles. The second kappa shape index (κ2) is 8.19. The molecule has 0 aromatic heterocycles. The van der Waals surface area contributed by atoms with Crippen LogP contribution in [0.15, 0.2) is 30.3 Å². The number of anilines is 1. The van der Waals surface area contributed by atoms with Gasteiger partial charge in [-0.05, 0) is 24.3 Å². The molecule has 0 aliphatic carbocycles. The number of benzene rings is 1. The van der Waals surface area contributed by atoms with E-state index < -0.39 is 10.1 Å². The summed E-state index contributed by atoms with van der Waals surface area (Å²) in [5.41, 5.74) is 0.767. The van der Waals surface area contributed by atoms with Gasteiger partial charge in [0.2, 0.25) is 5.91 Å². The molecule has 1 rings (SSSR count). The van der Waals surface area contributed by atoms with Gasteiger partial charge in [0.15, 0.2) is 0 Å². The minimum Gasteiger partial charge on any atom is -0.326 e. The maximum atomic E-state index is 11.5. The Labute approximate surface area is 117 Å². The third-order valence-electron chi connectivity index (χ3n) is 2.22. The van der Waals surface area contributed by atoms with E-state index in [1.54, 1.807) is 0 Å². The van der Waals surface area contributed by atoms with E-state index in [1.807, 2.05) is 30.3 Å². The fraction of sp³-hybridized carbons (Fsp3) is 0.417. The highest BCUT2D eigenvalue weighted by Crippen LogP contribution is 2.09. The van der Waals surface area contributed by atoms with Gasteiger partial charge in [0, 0.05) is 17.9 Å². The molecule has 0 aliphatic rings. The summed E-state index contributed by atoms with van der Waals surface area (Å²) in [5, 5.41) is 2.77. The van der Waals surface area contributed by atoms with Gasteiger partial charge in [-0.25, -0.2) is 0 Å². The van der Waals surface area contributed by atoms with Crippen molar-refractivity contribution < 1.29 is 17.8 Å². The Morgan fingerprint density at radius 3 is 2.53 bits per heavy atom. The Balaban J connectivity index is 2.08. The van der Waals surface area contributed by atoms with Gasteiger partial charge >= 0.3 is 0 Å². The van der Waals surface area contributed by atoms with Crippen LogP contribution in [0.4, 0.5) is 5.69 Å². The molecule has 0 saturated heterocycles. The Morgan fingerprint density at radius 1 is 1.21 bits per heavy atom. The Hall–Kier alpha value is -1.05. The van der Waals surface area contributed by atoms with E-state index >= 15 is 0 Å². The van der Waals surface area contributed by atoms with Crippen LogP contribution in [-0.4, -0.2) is 36.1 Å². The smallest absolute Gasteiger partial charge is 0.264 e. The van der Waals surface area contributed by atoms with Gasteiger partial charge in [0.25, 0.3) is 10.1 Å². The number of nitrogens with one attached hydrogen (secondary N) is 1. The van der Waals surface area contributed by atoms with Crippen molar-refractivity contribution in [1.82, 2.24) is 0 Å². The minimum atomic E-state index is -3.86. The van der Waals surface area contributed by atoms with Gasteiger partial charge in [0.05, 0.1) is 5.75 Å². The quantitative estimate of drug-likeness (QED) is 0.567. The fourth-order valence-electron chi connectivity index (χ4n) is 1.36. The molecule has 0 spiro atoms. The lowest BCUT2D eigenvalue weighted by Gasteiger charge is -2.04. The first-order chi connectivity index (χ1) is 8.97. The van der Waals surface area contributed by atoms with Crippen LogP contribution in [0.3, 0.4) is 0 Å². The molecule has 0 atom stereocenters. The molecule has 0 radical (unpaired) electrons. The van der Waals surface area contributed by atoms with E-state index in [-0.39, 0.29) is 11.7 Å². The largest absolute Gasteiger partial charge is 0.326 e. The summed E-state index contributed by atoms with van der Waals surface area (Å²) in [6.07, 6.45) is 0.773. The van der Waals surface area contributed by atoms with Crippen LogP contribution in [0, 0.1) is 0 Å². The molecule has 19 heavy (non-hydrogen) atoms. The molecule has 1 amide bonds. The van der Waals surface area contributed by atoms with Gasteiger partial charge in [-0.15, -0.1) is 0 Å². The van der Waals surface area contributed by atoms with Crippen LogP contribution < -0.4 is 5.32 Å². The summed E-state index contributed by atoms with van der Waals surface area (Å²) in [6, 6.07) is 9.20. The minimum absolute atomic E-state index is 0.0616. The number of carbonyl (C=O) groups excluding carboxylic acids is 1. The number of hydrogen-bond acceptors (Lipinski definition) is 4. The molecule has 5 nitrogen and oxygen atoms in total. The molecule has 0 aliphatic heterocycles. The molecule has 0 heterocycles. The van der Waals surface area contributed by atoms with E-state index in [0.29, 0.717) is 24.3 Å². The third kappa shape index (κ3) is 8.63. The maximum Gasteiger partial charge on any atom is 0.264 e. The van der Waals surface area contributed by atoms with E-state index in [1.165, 1.54) is 11.8 Å². The van der Waals surface area contributed by atoms with Crippen molar-refractivity contribution in [1.29, 1.82) is 0 Å². The average molecular weight is 303 g/mol. The number of hydrogen-bond donors (Lipinski definition) is 2. The van der Waals surface area contributed by atoms with E-state index in [0.717, 1.165) is 5.69 Å². The molecule has 2 N–H and O–H groups in total. The van der Waals surface area contributed by atoms with Crippen molar-refractivity contribution >= 4 is 33.5 Å². The zero-order valence-corrected chi connectivity index (χ0v) is 12.0. The predicted molar refractivity (Wildman–Crippen MR) is 78.0 cm³/mol. The maximum absolute atomic E-state index is 11.5. The lowest BCUT2D eigenvalue weighted by molar-refractivity contribution is -0.115. The summed E-state index contributed by atoms with van der Waals surface area (Å²) in [7, 11) is -3.86. The summed E-state index contributed by atoms with van der Waals surface area (Å²) < 4.78 is 29.4. The number of amides is 1. The van der Waals surface area contributed by atoms with Gasteiger partial charge in [-0.3, -0.25) is 9.35 Å². The summed E-state index contributed by atoms with van der Waals surface area (Å²) >= 11 is 1.50. The van der Waals surface area contributed by atoms with Crippen LogP contribution in [0.5, 0.6) is 0 Å². The third-order valence-corrected chi connectivity index (χ3v) is 4.10. The first-order valence-corrected chi connectivity index (χ1v) is 8.61.